The highest BCUT2D eigenvalue weighted by Crippen LogP contribution is 2.31. The normalized spacial score (nSPS) is 17.4. The highest BCUT2D eigenvalue weighted by Gasteiger charge is 2.36. The Morgan fingerprint density at radius 3 is 2.30 bits per heavy atom. The lowest BCUT2D eigenvalue weighted by atomic mass is 10.1. The van der Waals surface area contributed by atoms with E-state index in [4.69, 9.17) is 0 Å². The largest absolute Gasteiger partial charge is 0.310 e. The van der Waals surface area contributed by atoms with E-state index in [1.165, 1.54) is 0 Å². The molecule has 1 aliphatic rings. The van der Waals surface area contributed by atoms with Crippen molar-refractivity contribution in [3.05, 3.63) is 29.8 Å². The van der Waals surface area contributed by atoms with E-state index in [0.29, 0.717) is 11.4 Å². The maximum Gasteiger partial charge on any atom is 0.243 e. The Morgan fingerprint density at radius 1 is 1.25 bits per heavy atom. The molecular weight excluding hydrogens is 272 g/mol. The van der Waals surface area contributed by atoms with Crippen LogP contribution in [0.3, 0.4) is 0 Å². The van der Waals surface area contributed by atoms with Crippen LogP contribution < -0.4 is 5.32 Å². The van der Waals surface area contributed by atoms with Crippen LogP contribution in [-0.4, -0.2) is 31.9 Å². The summed E-state index contributed by atoms with van der Waals surface area (Å²) in [5, 5.41) is 3.32. The van der Waals surface area contributed by atoms with E-state index in [9.17, 15) is 8.42 Å². The first kappa shape index (κ1) is 15.5. The van der Waals surface area contributed by atoms with Crippen molar-refractivity contribution in [1.29, 1.82) is 0 Å². The first-order chi connectivity index (χ1) is 9.50. The molecule has 1 N–H and O–H groups in total. The van der Waals surface area contributed by atoms with Crippen LogP contribution in [0, 0.1) is 0 Å². The van der Waals surface area contributed by atoms with Crippen LogP contribution >= 0.6 is 0 Å². The fourth-order valence-corrected chi connectivity index (χ4v) is 4.17. The molecule has 1 aromatic rings. The van der Waals surface area contributed by atoms with E-state index in [1.54, 1.807) is 16.4 Å². The summed E-state index contributed by atoms with van der Waals surface area (Å²) in [7, 11) is -3.33. The predicted molar refractivity (Wildman–Crippen MR) is 81.1 cm³/mol. The third-order valence-corrected chi connectivity index (χ3v) is 5.80. The minimum atomic E-state index is -3.33. The highest BCUT2D eigenvalue weighted by molar-refractivity contribution is 7.89. The fraction of sp³-hybridized carbons (Fsp3) is 0.600. The topological polar surface area (TPSA) is 49.4 Å². The third-order valence-electron chi connectivity index (χ3n) is 3.76. The van der Waals surface area contributed by atoms with Crippen LogP contribution in [0.25, 0.3) is 0 Å². The number of rotatable bonds is 7. The summed E-state index contributed by atoms with van der Waals surface area (Å²) < 4.78 is 26.7. The van der Waals surface area contributed by atoms with Crippen LogP contribution in [0.15, 0.2) is 29.2 Å². The van der Waals surface area contributed by atoms with E-state index in [0.717, 1.165) is 24.9 Å². The van der Waals surface area contributed by atoms with Gasteiger partial charge < -0.3 is 5.32 Å². The Bertz CT molecular complexity index is 535. The van der Waals surface area contributed by atoms with E-state index in [2.05, 4.69) is 19.2 Å². The first-order valence-corrected chi connectivity index (χ1v) is 8.79. The van der Waals surface area contributed by atoms with Crippen molar-refractivity contribution in [3.63, 3.8) is 0 Å². The SMILES string of the molecule is CCNC(C)c1ccc(S(=O)(=O)N(CC)C2CC2)cc1. The average Bonchev–Trinajstić information content (AvgIpc) is 3.24. The molecule has 1 aliphatic carbocycles. The molecule has 0 saturated heterocycles. The lowest BCUT2D eigenvalue weighted by Crippen LogP contribution is -2.32. The summed E-state index contributed by atoms with van der Waals surface area (Å²) in [6, 6.07) is 7.71. The van der Waals surface area contributed by atoms with Crippen molar-refractivity contribution in [1.82, 2.24) is 9.62 Å². The van der Waals surface area contributed by atoms with Gasteiger partial charge in [-0.15, -0.1) is 0 Å². The van der Waals surface area contributed by atoms with Gasteiger partial charge in [-0.3, -0.25) is 0 Å². The minimum Gasteiger partial charge on any atom is -0.310 e. The second-order valence-corrected chi connectivity index (χ2v) is 7.18. The quantitative estimate of drug-likeness (QED) is 0.841. The Kier molecular flexibility index (Phi) is 4.83. The molecule has 1 unspecified atom stereocenters. The summed E-state index contributed by atoms with van der Waals surface area (Å²) in [5.41, 5.74) is 1.11. The molecule has 2 rings (SSSR count). The molecule has 0 amide bonds. The second-order valence-electron chi connectivity index (χ2n) is 5.29. The van der Waals surface area contributed by atoms with E-state index in [1.807, 2.05) is 19.1 Å². The van der Waals surface area contributed by atoms with Gasteiger partial charge in [-0.05, 0) is 44.0 Å². The maximum atomic E-state index is 12.6. The zero-order valence-corrected chi connectivity index (χ0v) is 13.3. The molecule has 4 nitrogen and oxygen atoms in total. The van der Waals surface area contributed by atoms with Crippen molar-refractivity contribution in [2.45, 2.75) is 50.6 Å². The summed E-state index contributed by atoms with van der Waals surface area (Å²) in [4.78, 5) is 0.402. The van der Waals surface area contributed by atoms with Crippen molar-refractivity contribution >= 4 is 10.0 Å². The van der Waals surface area contributed by atoms with Gasteiger partial charge in [0.2, 0.25) is 10.0 Å². The summed E-state index contributed by atoms with van der Waals surface area (Å²) >= 11 is 0. The molecule has 0 radical (unpaired) electrons. The molecule has 112 valence electrons. The number of hydrogen-bond donors (Lipinski definition) is 1. The summed E-state index contributed by atoms with van der Waals surface area (Å²) in [6.07, 6.45) is 1.98. The Morgan fingerprint density at radius 2 is 1.85 bits per heavy atom. The van der Waals surface area contributed by atoms with Gasteiger partial charge in [0.1, 0.15) is 0 Å². The van der Waals surface area contributed by atoms with Crippen LogP contribution in [0.2, 0.25) is 0 Å². The average molecular weight is 296 g/mol. The molecule has 0 bridgehead atoms. The van der Waals surface area contributed by atoms with E-state index in [-0.39, 0.29) is 12.1 Å². The molecule has 0 heterocycles. The van der Waals surface area contributed by atoms with Crippen molar-refractivity contribution in [2.75, 3.05) is 13.1 Å². The Hall–Kier alpha value is -0.910. The molecule has 1 fully saturated rings. The molecule has 5 heteroatoms. The summed E-state index contributed by atoms with van der Waals surface area (Å²) in [5.74, 6) is 0. The molecule has 1 atom stereocenters. The number of hydrogen-bond acceptors (Lipinski definition) is 3. The van der Waals surface area contributed by atoms with Crippen LogP contribution in [0.1, 0.15) is 45.2 Å². The van der Waals surface area contributed by atoms with Gasteiger partial charge in [-0.25, -0.2) is 8.42 Å². The number of nitrogens with zero attached hydrogens (tertiary/aromatic N) is 1. The van der Waals surface area contributed by atoms with Crippen LogP contribution in [-0.2, 0) is 10.0 Å². The van der Waals surface area contributed by atoms with Crippen molar-refractivity contribution in [2.24, 2.45) is 0 Å². The smallest absolute Gasteiger partial charge is 0.243 e. The van der Waals surface area contributed by atoms with Gasteiger partial charge in [-0.2, -0.15) is 4.31 Å². The molecule has 0 aliphatic heterocycles. The van der Waals surface area contributed by atoms with Crippen molar-refractivity contribution < 1.29 is 8.42 Å². The predicted octanol–water partition coefficient (Wildman–Crippen LogP) is 2.53. The lowest BCUT2D eigenvalue weighted by Gasteiger charge is -2.20. The lowest BCUT2D eigenvalue weighted by molar-refractivity contribution is 0.421. The van der Waals surface area contributed by atoms with Crippen LogP contribution in [0.4, 0.5) is 0 Å². The second kappa shape index (κ2) is 6.24. The fourth-order valence-electron chi connectivity index (χ4n) is 2.47. The van der Waals surface area contributed by atoms with Gasteiger partial charge in [0.05, 0.1) is 4.90 Å². The molecule has 0 spiro atoms. The third kappa shape index (κ3) is 3.22. The zero-order chi connectivity index (χ0) is 14.8. The van der Waals surface area contributed by atoms with Gasteiger partial charge in [0.15, 0.2) is 0 Å². The van der Waals surface area contributed by atoms with Crippen molar-refractivity contribution in [3.8, 4) is 0 Å². The van der Waals surface area contributed by atoms with Gasteiger partial charge >= 0.3 is 0 Å². The number of benzene rings is 1. The molecule has 0 aromatic heterocycles. The molecular formula is C15H24N2O2S. The summed E-state index contributed by atoms with van der Waals surface area (Å²) in [6.45, 7) is 7.48. The highest BCUT2D eigenvalue weighted by atomic mass is 32.2. The zero-order valence-electron chi connectivity index (χ0n) is 12.5. The minimum absolute atomic E-state index is 0.213. The molecule has 20 heavy (non-hydrogen) atoms. The molecule has 1 saturated carbocycles. The number of sulfonamides is 1. The van der Waals surface area contributed by atoms with Gasteiger partial charge in [0.25, 0.3) is 0 Å². The Balaban J connectivity index is 2.20. The maximum absolute atomic E-state index is 12.6. The Labute approximate surface area is 122 Å². The molecule has 1 aromatic carbocycles. The first-order valence-electron chi connectivity index (χ1n) is 7.35. The van der Waals surface area contributed by atoms with Gasteiger partial charge in [0, 0.05) is 18.6 Å². The number of nitrogens with one attached hydrogen (secondary N) is 1. The van der Waals surface area contributed by atoms with Gasteiger partial charge in [-0.1, -0.05) is 26.0 Å². The van der Waals surface area contributed by atoms with E-state index >= 15 is 0 Å². The monoisotopic (exact) mass is 296 g/mol. The van der Waals surface area contributed by atoms with E-state index < -0.39 is 10.0 Å². The van der Waals surface area contributed by atoms with Crippen LogP contribution in [0.5, 0.6) is 0 Å². The standard InChI is InChI=1S/C15H24N2O2S/c1-4-16-12(3)13-6-10-15(11-7-13)20(18,19)17(5-2)14-8-9-14/h6-7,10-12,14,16H,4-5,8-9H2,1-3H3.